The molecule has 0 bridgehead atoms. The van der Waals surface area contributed by atoms with Crippen molar-refractivity contribution in [1.29, 1.82) is 0 Å². The highest BCUT2D eigenvalue weighted by Crippen LogP contribution is 2.30. The van der Waals surface area contributed by atoms with Gasteiger partial charge in [0.15, 0.2) is 0 Å². The van der Waals surface area contributed by atoms with Gasteiger partial charge >= 0.3 is 0 Å². The van der Waals surface area contributed by atoms with Crippen LogP contribution in [0.3, 0.4) is 0 Å². The van der Waals surface area contributed by atoms with Crippen molar-refractivity contribution < 1.29 is 9.72 Å². The Balaban J connectivity index is 2.47. The molecule has 19 heavy (non-hydrogen) atoms. The number of hydrogen-bond donors (Lipinski definition) is 1. The van der Waals surface area contributed by atoms with Gasteiger partial charge in [0.05, 0.1) is 10.5 Å². The van der Waals surface area contributed by atoms with Crippen LogP contribution in [-0.2, 0) is 4.79 Å². The van der Waals surface area contributed by atoms with Gasteiger partial charge in [0.25, 0.3) is 5.69 Å². The minimum atomic E-state index is -0.437. The summed E-state index contributed by atoms with van der Waals surface area (Å²) in [6.07, 6.45) is 1.50. The fraction of sp³-hybridized carbons (Fsp3) is 0.0769. The lowest BCUT2D eigenvalue weighted by molar-refractivity contribution is -0.384. The summed E-state index contributed by atoms with van der Waals surface area (Å²) < 4.78 is 0. The number of pyridine rings is 1. The Labute approximate surface area is 109 Å². The van der Waals surface area contributed by atoms with Crippen LogP contribution in [-0.4, -0.2) is 15.8 Å². The quantitative estimate of drug-likeness (QED) is 0.676. The number of hydrogen-bond acceptors (Lipinski definition) is 4. The van der Waals surface area contributed by atoms with Crippen LogP contribution in [0.2, 0.25) is 0 Å². The van der Waals surface area contributed by atoms with Gasteiger partial charge in [-0.2, -0.15) is 0 Å². The zero-order chi connectivity index (χ0) is 13.8. The van der Waals surface area contributed by atoms with Gasteiger partial charge in [-0.15, -0.1) is 0 Å². The SMILES string of the molecule is CC(=O)Nc1cc(-c2ccccc2[N+](=O)[O-])ccn1. The number of carbonyl (C=O) groups is 1. The van der Waals surface area contributed by atoms with Crippen LogP contribution in [0.5, 0.6) is 0 Å². The summed E-state index contributed by atoms with van der Waals surface area (Å²) in [6.45, 7) is 1.37. The molecule has 0 aliphatic carbocycles. The van der Waals surface area contributed by atoms with E-state index in [2.05, 4.69) is 10.3 Å². The van der Waals surface area contributed by atoms with Gasteiger partial charge in [0.1, 0.15) is 5.82 Å². The summed E-state index contributed by atoms with van der Waals surface area (Å²) >= 11 is 0. The van der Waals surface area contributed by atoms with Crippen molar-refractivity contribution in [3.8, 4) is 11.1 Å². The first-order chi connectivity index (χ1) is 9.08. The Morgan fingerprint density at radius 2 is 2.05 bits per heavy atom. The van der Waals surface area contributed by atoms with Crippen molar-refractivity contribution in [3.05, 3.63) is 52.7 Å². The van der Waals surface area contributed by atoms with Crippen molar-refractivity contribution in [1.82, 2.24) is 4.98 Å². The molecule has 0 saturated heterocycles. The molecule has 0 atom stereocenters. The van der Waals surface area contributed by atoms with E-state index >= 15 is 0 Å². The third-order valence-electron chi connectivity index (χ3n) is 2.48. The van der Waals surface area contributed by atoms with Crippen molar-refractivity contribution >= 4 is 17.4 Å². The maximum atomic E-state index is 11.0. The second-order valence-electron chi connectivity index (χ2n) is 3.89. The number of benzene rings is 1. The second-order valence-corrected chi connectivity index (χ2v) is 3.89. The Hall–Kier alpha value is -2.76. The standard InChI is InChI=1S/C13H11N3O3/c1-9(17)15-13-8-10(6-7-14-13)11-4-2-3-5-12(11)16(18)19/h2-8H,1H3,(H,14,15,17). The van der Waals surface area contributed by atoms with Gasteiger partial charge in [-0.1, -0.05) is 12.1 Å². The predicted octanol–water partition coefficient (Wildman–Crippen LogP) is 2.62. The number of carbonyl (C=O) groups excluding carboxylic acids is 1. The van der Waals surface area contributed by atoms with Crippen LogP contribution in [0.4, 0.5) is 11.5 Å². The van der Waals surface area contributed by atoms with Gasteiger partial charge in [-0.25, -0.2) is 4.98 Å². The first-order valence-electron chi connectivity index (χ1n) is 5.55. The van der Waals surface area contributed by atoms with E-state index in [4.69, 9.17) is 0 Å². The van der Waals surface area contributed by atoms with Crippen molar-refractivity contribution in [3.63, 3.8) is 0 Å². The maximum Gasteiger partial charge on any atom is 0.277 e. The van der Waals surface area contributed by atoms with E-state index in [1.54, 1.807) is 30.3 Å². The van der Waals surface area contributed by atoms with Crippen LogP contribution in [0, 0.1) is 10.1 Å². The molecule has 1 aromatic carbocycles. The Morgan fingerprint density at radius 3 is 2.74 bits per heavy atom. The van der Waals surface area contributed by atoms with Crippen molar-refractivity contribution in [2.45, 2.75) is 6.92 Å². The molecule has 6 heteroatoms. The molecule has 0 radical (unpaired) electrons. The normalized spacial score (nSPS) is 9.95. The summed E-state index contributed by atoms with van der Waals surface area (Å²) in [5.74, 6) is 0.121. The van der Waals surface area contributed by atoms with Gasteiger partial charge < -0.3 is 5.32 Å². The van der Waals surface area contributed by atoms with Crippen LogP contribution in [0.15, 0.2) is 42.6 Å². The van der Waals surface area contributed by atoms with Gasteiger partial charge in [0.2, 0.25) is 5.91 Å². The Kier molecular flexibility index (Phi) is 3.51. The van der Waals surface area contributed by atoms with E-state index in [1.807, 2.05) is 0 Å². The molecule has 1 amide bonds. The molecule has 96 valence electrons. The topological polar surface area (TPSA) is 85.1 Å². The number of nitro benzene ring substituents is 1. The summed E-state index contributed by atoms with van der Waals surface area (Å²) in [5.41, 5.74) is 1.13. The second kappa shape index (κ2) is 5.26. The number of para-hydroxylation sites is 1. The molecule has 1 aromatic heterocycles. The summed E-state index contributed by atoms with van der Waals surface area (Å²) in [4.78, 5) is 25.5. The number of nitro groups is 1. The molecule has 0 fully saturated rings. The monoisotopic (exact) mass is 257 g/mol. The van der Waals surface area contributed by atoms with Gasteiger partial charge in [-0.3, -0.25) is 14.9 Å². The molecule has 0 aliphatic rings. The van der Waals surface area contributed by atoms with E-state index in [9.17, 15) is 14.9 Å². The Morgan fingerprint density at radius 1 is 1.32 bits per heavy atom. The van der Waals surface area contributed by atoms with Crippen LogP contribution >= 0.6 is 0 Å². The van der Waals surface area contributed by atoms with Crippen molar-refractivity contribution in [2.75, 3.05) is 5.32 Å². The Bertz CT molecular complexity index is 641. The molecule has 0 spiro atoms. The first-order valence-corrected chi connectivity index (χ1v) is 5.55. The highest BCUT2D eigenvalue weighted by Gasteiger charge is 2.14. The van der Waals surface area contributed by atoms with E-state index in [1.165, 1.54) is 19.2 Å². The molecular weight excluding hydrogens is 246 g/mol. The van der Waals surface area contributed by atoms with E-state index in [0.29, 0.717) is 16.9 Å². The van der Waals surface area contributed by atoms with E-state index in [-0.39, 0.29) is 11.6 Å². The number of nitrogens with zero attached hydrogens (tertiary/aromatic N) is 2. The molecule has 6 nitrogen and oxygen atoms in total. The number of amides is 1. The summed E-state index contributed by atoms with van der Waals surface area (Å²) in [6, 6.07) is 9.69. The summed E-state index contributed by atoms with van der Waals surface area (Å²) in [5, 5.41) is 13.5. The highest BCUT2D eigenvalue weighted by molar-refractivity contribution is 5.88. The van der Waals surface area contributed by atoms with Gasteiger partial charge in [0, 0.05) is 19.2 Å². The lowest BCUT2D eigenvalue weighted by Gasteiger charge is -2.05. The number of rotatable bonds is 3. The van der Waals surface area contributed by atoms with Crippen LogP contribution < -0.4 is 5.32 Å². The minimum Gasteiger partial charge on any atom is -0.311 e. The van der Waals surface area contributed by atoms with Gasteiger partial charge in [-0.05, 0) is 23.8 Å². The molecule has 0 unspecified atom stereocenters. The number of anilines is 1. The minimum absolute atomic E-state index is 0.0162. The molecule has 1 heterocycles. The molecule has 0 saturated carbocycles. The lowest BCUT2D eigenvalue weighted by Crippen LogP contribution is -2.07. The fourth-order valence-electron chi connectivity index (χ4n) is 1.72. The zero-order valence-corrected chi connectivity index (χ0v) is 10.2. The van der Waals surface area contributed by atoms with Crippen LogP contribution in [0.1, 0.15) is 6.92 Å². The van der Waals surface area contributed by atoms with Crippen LogP contribution in [0.25, 0.3) is 11.1 Å². The molecule has 0 aliphatic heterocycles. The molecular formula is C13H11N3O3. The predicted molar refractivity (Wildman–Crippen MR) is 70.6 cm³/mol. The third kappa shape index (κ3) is 2.92. The van der Waals surface area contributed by atoms with E-state index in [0.717, 1.165) is 0 Å². The zero-order valence-electron chi connectivity index (χ0n) is 10.2. The first kappa shape index (κ1) is 12.7. The average molecular weight is 257 g/mol. The smallest absolute Gasteiger partial charge is 0.277 e. The number of aromatic nitrogens is 1. The fourth-order valence-corrected chi connectivity index (χ4v) is 1.72. The van der Waals surface area contributed by atoms with Crippen molar-refractivity contribution in [2.24, 2.45) is 0 Å². The average Bonchev–Trinajstić information content (AvgIpc) is 2.38. The summed E-state index contributed by atoms with van der Waals surface area (Å²) in [7, 11) is 0. The number of nitrogens with one attached hydrogen (secondary N) is 1. The largest absolute Gasteiger partial charge is 0.311 e. The molecule has 1 N–H and O–H groups in total. The van der Waals surface area contributed by atoms with E-state index < -0.39 is 4.92 Å². The molecule has 2 aromatic rings. The lowest BCUT2D eigenvalue weighted by atomic mass is 10.1. The highest BCUT2D eigenvalue weighted by atomic mass is 16.6. The molecule has 2 rings (SSSR count). The third-order valence-corrected chi connectivity index (χ3v) is 2.48. The maximum absolute atomic E-state index is 11.0.